The molecule has 160 valence electrons. The Hall–Kier alpha value is 0.374. The van der Waals surface area contributed by atoms with Crippen LogP contribution in [0.15, 0.2) is 0 Å². The Balaban J connectivity index is 1.68. The minimum atomic E-state index is -1.87. The number of hydrazine groups is 1. The molecule has 0 aliphatic heterocycles. The van der Waals surface area contributed by atoms with Gasteiger partial charge >= 0.3 is 0 Å². The van der Waals surface area contributed by atoms with Gasteiger partial charge in [0.2, 0.25) is 0 Å². The van der Waals surface area contributed by atoms with Crippen LogP contribution in [0.25, 0.3) is 0 Å². The lowest BCUT2D eigenvalue weighted by Crippen LogP contribution is -2.68. The van der Waals surface area contributed by atoms with E-state index in [9.17, 15) is 10.1 Å². The molecule has 0 saturated heterocycles. The van der Waals surface area contributed by atoms with Crippen LogP contribution in [-0.4, -0.2) is 47.3 Å². The molecule has 0 heterocycles. The molecule has 8 atom stereocenters. The molecule has 4 fully saturated rings. The predicted octanol–water partition coefficient (Wildman–Crippen LogP) is 5.79. The van der Waals surface area contributed by atoms with E-state index in [1.807, 2.05) is 0 Å². The number of rotatable bonds is 5. The van der Waals surface area contributed by atoms with Crippen molar-refractivity contribution in [2.75, 3.05) is 0 Å². The summed E-state index contributed by atoms with van der Waals surface area (Å²) in [6.45, 7) is 13.5. The Morgan fingerprint density at radius 1 is 0.857 bits per heavy atom. The van der Waals surface area contributed by atoms with Crippen LogP contribution in [0.2, 0.25) is 39.3 Å². The number of hydroxylamine groups is 1. The summed E-state index contributed by atoms with van der Waals surface area (Å²) in [6.07, 6.45) is 6.26. The van der Waals surface area contributed by atoms with Crippen LogP contribution < -0.4 is 0 Å². The van der Waals surface area contributed by atoms with Crippen molar-refractivity contribution >= 4 is 39.3 Å². The highest BCUT2D eigenvalue weighted by Crippen LogP contribution is 2.62. The Morgan fingerprint density at radius 3 is 1.86 bits per heavy atom. The van der Waals surface area contributed by atoms with Crippen molar-refractivity contribution in [1.82, 2.24) is 5.17 Å². The maximum absolute atomic E-state index is 13.7. The lowest BCUT2D eigenvalue weighted by atomic mass is 9.93. The number of halogens is 2. The van der Waals surface area contributed by atoms with E-state index in [1.54, 1.807) is 0 Å². The molecular formula is C20H36Cl2N2O2Si2. The number of hydrogen-bond donors (Lipinski definition) is 0. The summed E-state index contributed by atoms with van der Waals surface area (Å²) in [4.78, 5) is 14.5. The normalized spacial score (nSPS) is 47.8. The summed E-state index contributed by atoms with van der Waals surface area (Å²) in [5.41, 5.74) is 0. The van der Waals surface area contributed by atoms with Gasteiger partial charge in [0.25, 0.3) is 6.04 Å². The monoisotopic (exact) mass is 462 g/mol. The quantitative estimate of drug-likeness (QED) is 0.224. The number of nitroso groups, excluding NO2 is 1. The fourth-order valence-electron chi connectivity index (χ4n) is 7.58. The first-order chi connectivity index (χ1) is 12.7. The maximum Gasteiger partial charge on any atom is 0.252 e. The van der Waals surface area contributed by atoms with Gasteiger partial charge in [-0.2, -0.15) is 5.17 Å². The Labute approximate surface area is 181 Å². The minimum Gasteiger partial charge on any atom is -0.704 e. The van der Waals surface area contributed by atoms with Crippen molar-refractivity contribution in [1.29, 1.82) is 0 Å². The zero-order valence-corrected chi connectivity index (χ0v) is 21.7. The maximum atomic E-state index is 13.7. The van der Waals surface area contributed by atoms with Crippen molar-refractivity contribution in [2.24, 2.45) is 23.7 Å². The van der Waals surface area contributed by atoms with E-state index in [-0.39, 0.29) is 11.8 Å². The molecule has 8 unspecified atom stereocenters. The first kappa shape index (κ1) is 21.6. The lowest BCUT2D eigenvalue weighted by Gasteiger charge is -2.51. The number of alkyl halides is 2. The van der Waals surface area contributed by atoms with Crippen LogP contribution in [0.4, 0.5) is 0 Å². The van der Waals surface area contributed by atoms with Crippen molar-refractivity contribution in [3.8, 4) is 0 Å². The van der Waals surface area contributed by atoms with Gasteiger partial charge in [-0.1, -0.05) is 39.3 Å². The summed E-state index contributed by atoms with van der Waals surface area (Å²) in [5, 5.41) is 14.5. The van der Waals surface area contributed by atoms with E-state index in [0.717, 1.165) is 48.6 Å². The first-order valence-electron chi connectivity index (χ1n) is 11.0. The van der Waals surface area contributed by atoms with Gasteiger partial charge in [0.05, 0.1) is 31.6 Å². The molecular weight excluding hydrogens is 427 g/mol. The molecule has 4 aliphatic carbocycles. The fourth-order valence-corrected chi connectivity index (χ4v) is 13.9. The van der Waals surface area contributed by atoms with E-state index in [4.69, 9.17) is 23.2 Å². The van der Waals surface area contributed by atoms with E-state index in [0.29, 0.717) is 11.8 Å². The Morgan fingerprint density at radius 2 is 1.32 bits per heavy atom. The zero-order valence-electron chi connectivity index (χ0n) is 18.2. The van der Waals surface area contributed by atoms with Crippen molar-refractivity contribution in [3.63, 3.8) is 0 Å². The molecule has 0 aromatic carbocycles. The second-order valence-electron chi connectivity index (χ2n) is 12.1. The summed E-state index contributed by atoms with van der Waals surface area (Å²) in [5.74, 6) is 1.24. The minimum absolute atomic E-state index is 0.248. The lowest BCUT2D eigenvalue weighted by molar-refractivity contribution is -0.736. The van der Waals surface area contributed by atoms with Crippen molar-refractivity contribution in [3.05, 3.63) is 10.1 Å². The third-order valence-electron chi connectivity index (χ3n) is 8.86. The van der Waals surface area contributed by atoms with Crippen LogP contribution in [-0.2, 0) is 0 Å². The molecule has 0 aromatic rings. The van der Waals surface area contributed by atoms with Gasteiger partial charge in [-0.05, 0) is 56.3 Å². The highest BCUT2D eigenvalue weighted by atomic mass is 35.5. The second kappa shape index (κ2) is 6.44. The van der Waals surface area contributed by atoms with E-state index >= 15 is 0 Å². The number of fused-ring (bicyclic) bond motifs is 4. The molecule has 4 rings (SSSR count). The van der Waals surface area contributed by atoms with Crippen LogP contribution in [0.5, 0.6) is 0 Å². The summed E-state index contributed by atoms with van der Waals surface area (Å²) in [6, 6.07) is -0.780. The number of hydrogen-bond acceptors (Lipinski definition) is 2. The molecule has 0 amide bonds. The van der Waals surface area contributed by atoms with Gasteiger partial charge in [-0.15, -0.1) is 23.2 Å². The van der Waals surface area contributed by atoms with Gasteiger partial charge in [0.1, 0.15) is 9.37 Å². The van der Waals surface area contributed by atoms with Gasteiger partial charge in [-0.3, -0.25) is 0 Å². The van der Waals surface area contributed by atoms with Crippen molar-refractivity contribution < 1.29 is 4.87 Å². The molecule has 8 heteroatoms. The van der Waals surface area contributed by atoms with E-state index in [2.05, 4.69) is 39.3 Å². The highest BCUT2D eigenvalue weighted by Gasteiger charge is 2.72. The Bertz CT molecular complexity index is 682. The van der Waals surface area contributed by atoms with Gasteiger partial charge in [0, 0.05) is 5.92 Å². The molecule has 0 N–H and O–H groups in total. The molecule has 0 spiro atoms. The highest BCUT2D eigenvalue weighted by molar-refractivity contribution is 6.87. The zero-order chi connectivity index (χ0) is 20.9. The average molecular weight is 464 g/mol. The van der Waals surface area contributed by atoms with Gasteiger partial charge in [0.15, 0.2) is 0 Å². The van der Waals surface area contributed by atoms with E-state index < -0.39 is 37.2 Å². The third kappa shape index (κ3) is 2.63. The van der Waals surface area contributed by atoms with Crippen LogP contribution in [0.1, 0.15) is 38.5 Å². The smallest absolute Gasteiger partial charge is 0.252 e. The van der Waals surface area contributed by atoms with Gasteiger partial charge < -0.3 is 5.21 Å². The third-order valence-corrected chi connectivity index (χ3v) is 19.3. The fraction of sp³-hybridized carbons (Fsp3) is 1.00. The van der Waals surface area contributed by atoms with Crippen molar-refractivity contribution in [2.45, 2.75) is 98.9 Å². The topological polar surface area (TPSA) is 46.4 Å². The predicted molar refractivity (Wildman–Crippen MR) is 122 cm³/mol. The van der Waals surface area contributed by atoms with Crippen LogP contribution >= 0.6 is 23.2 Å². The molecule has 0 radical (unpaired) electrons. The SMILES string of the molecule is C[Si](C)(C)C1(Cl)C2CCC(C2)C1N([O-])[N+](=O)C1C2CCC(C2)C1(Cl)[Si](C)(C)C. The summed E-state index contributed by atoms with van der Waals surface area (Å²) >= 11 is 14.7. The first-order valence-corrected chi connectivity index (χ1v) is 18.8. The molecule has 4 bridgehead atoms. The van der Waals surface area contributed by atoms with E-state index in [1.165, 1.54) is 0 Å². The molecule has 4 aliphatic rings. The Kier molecular flexibility index (Phi) is 4.97. The second-order valence-corrected chi connectivity index (χ2v) is 24.6. The largest absolute Gasteiger partial charge is 0.704 e. The average Bonchev–Trinajstić information content (AvgIpc) is 3.31. The number of nitrogens with zero attached hydrogens (tertiary/aromatic N) is 2. The standard InChI is InChI=1S/C20H36Cl2N2O2Si2/c1-27(2,3)19(21)15-9-7-13(11-15)17(19)23(25)24(26)18-14-8-10-16(12-14)20(18,22)28(4,5)6/h13-18H,7-12H2,1-6H3. The van der Waals surface area contributed by atoms with Gasteiger partial charge in [-0.25, -0.2) is 0 Å². The summed E-state index contributed by atoms with van der Waals surface area (Å²) < 4.78 is -1.04. The summed E-state index contributed by atoms with van der Waals surface area (Å²) in [7, 11) is -3.74. The molecule has 0 aromatic heterocycles. The molecule has 28 heavy (non-hydrogen) atoms. The molecule has 4 nitrogen and oxygen atoms in total. The van der Waals surface area contributed by atoms with Crippen LogP contribution in [0, 0.1) is 33.8 Å². The molecule has 4 saturated carbocycles. The van der Waals surface area contributed by atoms with Crippen LogP contribution in [0.3, 0.4) is 0 Å².